The zero-order chi connectivity index (χ0) is 19.5. The predicted octanol–water partition coefficient (Wildman–Crippen LogP) is 1.76. The van der Waals surface area contributed by atoms with E-state index >= 15 is 0 Å². The van der Waals surface area contributed by atoms with E-state index in [1.54, 1.807) is 0 Å². The lowest BCUT2D eigenvalue weighted by Gasteiger charge is -2.31. The van der Waals surface area contributed by atoms with Crippen LogP contribution < -0.4 is 15.8 Å². The Morgan fingerprint density at radius 2 is 2.00 bits per heavy atom. The second-order valence-corrected chi connectivity index (χ2v) is 7.74. The molecule has 28 heavy (non-hydrogen) atoms. The smallest absolute Gasteiger partial charge is 0.258 e. The molecule has 7 nitrogen and oxygen atoms in total. The van der Waals surface area contributed by atoms with E-state index < -0.39 is 0 Å². The lowest BCUT2D eigenvalue weighted by molar-refractivity contribution is -0.124. The van der Waals surface area contributed by atoms with Gasteiger partial charge in [-0.3, -0.25) is 14.5 Å². The van der Waals surface area contributed by atoms with E-state index in [-0.39, 0.29) is 31.0 Å². The van der Waals surface area contributed by atoms with Gasteiger partial charge in [-0.2, -0.15) is 0 Å². The van der Waals surface area contributed by atoms with Gasteiger partial charge in [0.25, 0.3) is 5.91 Å². The number of fused-ring (bicyclic) bond motifs is 3. The molecule has 1 aromatic carbocycles. The maximum Gasteiger partial charge on any atom is 0.258 e. The molecule has 0 atom stereocenters. The number of nitrogens with two attached hydrogens (primary N) is 1. The quantitative estimate of drug-likeness (QED) is 0.790. The first-order valence-corrected chi connectivity index (χ1v) is 10.1. The highest BCUT2D eigenvalue weighted by Crippen LogP contribution is 2.33. The van der Waals surface area contributed by atoms with Crippen molar-refractivity contribution >= 4 is 22.8 Å². The Bertz CT molecular complexity index is 868. The largest absolute Gasteiger partial charge is 0.484 e. The third-order valence-electron chi connectivity index (χ3n) is 5.63. The summed E-state index contributed by atoms with van der Waals surface area (Å²) >= 11 is 0. The number of carbonyl (C=O) groups excluding carboxylic acids is 2. The number of ether oxygens (including phenoxy) is 1. The van der Waals surface area contributed by atoms with Gasteiger partial charge in [-0.15, -0.1) is 0 Å². The highest BCUT2D eigenvalue weighted by Gasteiger charge is 2.22. The Hall–Kier alpha value is -2.54. The van der Waals surface area contributed by atoms with Gasteiger partial charge >= 0.3 is 0 Å². The van der Waals surface area contributed by atoms with Crippen molar-refractivity contribution in [1.82, 2.24) is 10.2 Å². The fourth-order valence-electron chi connectivity index (χ4n) is 4.21. The molecule has 1 fully saturated rings. The average Bonchev–Trinajstić information content (AvgIpc) is 3.05. The number of piperidine rings is 1. The van der Waals surface area contributed by atoms with Gasteiger partial charge in [0, 0.05) is 36.5 Å². The van der Waals surface area contributed by atoms with Gasteiger partial charge in [0.1, 0.15) is 17.1 Å². The number of carbonyl (C=O) groups is 2. The van der Waals surface area contributed by atoms with Crippen molar-refractivity contribution in [2.45, 2.75) is 44.6 Å². The number of furan rings is 1. The molecule has 0 saturated carbocycles. The molecule has 1 aromatic heterocycles. The molecule has 2 heterocycles. The van der Waals surface area contributed by atoms with Crippen LogP contribution in [0.15, 0.2) is 22.6 Å². The molecule has 1 aliphatic carbocycles. The minimum atomic E-state index is -0.313. The zero-order valence-corrected chi connectivity index (χ0v) is 16.0. The van der Waals surface area contributed by atoms with Crippen LogP contribution in [0.2, 0.25) is 0 Å². The van der Waals surface area contributed by atoms with Crippen molar-refractivity contribution < 1.29 is 18.7 Å². The summed E-state index contributed by atoms with van der Waals surface area (Å²) in [7, 11) is 0. The number of primary amides is 1. The third-order valence-corrected chi connectivity index (χ3v) is 5.63. The maximum atomic E-state index is 12.2. The van der Waals surface area contributed by atoms with Gasteiger partial charge in [0.15, 0.2) is 6.61 Å². The maximum absolute atomic E-state index is 12.2. The fraction of sp³-hybridized carbons (Fsp3) is 0.524. The van der Waals surface area contributed by atoms with Crippen LogP contribution >= 0.6 is 0 Å². The summed E-state index contributed by atoms with van der Waals surface area (Å²) < 4.78 is 11.7. The molecule has 0 radical (unpaired) electrons. The number of likely N-dealkylation sites (tertiary alicyclic amines) is 1. The van der Waals surface area contributed by atoms with Crippen LogP contribution in [0.3, 0.4) is 0 Å². The standard InChI is InChI=1S/C21H27N3O4/c22-20(25)12-24-9-7-14(8-10-24)23-21(26)13-27-15-5-6-19-17(11-15)16-3-1-2-4-18(16)28-19/h5-6,11,14H,1-4,7-10,12-13H2,(H2,22,25)(H,23,26). The van der Waals surface area contributed by atoms with Crippen molar-refractivity contribution in [3.05, 3.63) is 29.5 Å². The predicted molar refractivity (Wildman–Crippen MR) is 105 cm³/mol. The van der Waals surface area contributed by atoms with Gasteiger partial charge in [0.05, 0.1) is 6.54 Å². The molecule has 0 spiro atoms. The molecule has 2 aliphatic rings. The summed E-state index contributed by atoms with van der Waals surface area (Å²) in [6.07, 6.45) is 6.03. The number of benzene rings is 1. The van der Waals surface area contributed by atoms with E-state index in [0.29, 0.717) is 5.75 Å². The first-order valence-electron chi connectivity index (χ1n) is 10.1. The van der Waals surface area contributed by atoms with Crippen LogP contribution in [0, 0.1) is 0 Å². The van der Waals surface area contributed by atoms with Crippen LogP contribution in [0.5, 0.6) is 5.75 Å². The van der Waals surface area contributed by atoms with E-state index in [1.165, 1.54) is 18.4 Å². The SMILES string of the molecule is NC(=O)CN1CCC(NC(=O)COc2ccc3oc4c(c3c2)CCCC4)CC1. The lowest BCUT2D eigenvalue weighted by atomic mass is 9.96. The molecule has 1 saturated heterocycles. The van der Waals surface area contributed by atoms with E-state index in [9.17, 15) is 9.59 Å². The lowest BCUT2D eigenvalue weighted by Crippen LogP contribution is -2.47. The van der Waals surface area contributed by atoms with Gasteiger partial charge < -0.3 is 20.2 Å². The van der Waals surface area contributed by atoms with Crippen LogP contribution in [0.4, 0.5) is 0 Å². The highest BCUT2D eigenvalue weighted by molar-refractivity contribution is 5.84. The second kappa shape index (κ2) is 8.22. The second-order valence-electron chi connectivity index (χ2n) is 7.74. The summed E-state index contributed by atoms with van der Waals surface area (Å²) in [6, 6.07) is 5.88. The number of hydrogen-bond acceptors (Lipinski definition) is 5. The molecular formula is C21H27N3O4. The Kier molecular flexibility index (Phi) is 5.52. The van der Waals surface area contributed by atoms with Crippen molar-refractivity contribution in [3.8, 4) is 5.75 Å². The molecule has 1 aliphatic heterocycles. The summed E-state index contributed by atoms with van der Waals surface area (Å²) in [5.41, 5.74) is 7.41. The topological polar surface area (TPSA) is 97.8 Å². The summed E-state index contributed by atoms with van der Waals surface area (Å²) in [6.45, 7) is 1.80. The number of amides is 2. The Morgan fingerprint density at radius 3 is 2.79 bits per heavy atom. The van der Waals surface area contributed by atoms with Crippen LogP contribution in [-0.2, 0) is 22.4 Å². The summed E-state index contributed by atoms with van der Waals surface area (Å²) in [5, 5.41) is 4.13. The van der Waals surface area contributed by atoms with E-state index in [2.05, 4.69) is 5.32 Å². The molecule has 150 valence electrons. The minimum Gasteiger partial charge on any atom is -0.484 e. The van der Waals surface area contributed by atoms with Gasteiger partial charge in [-0.25, -0.2) is 0 Å². The molecule has 2 amide bonds. The van der Waals surface area contributed by atoms with Gasteiger partial charge in [-0.05, 0) is 50.3 Å². The van der Waals surface area contributed by atoms with Crippen LogP contribution in [-0.4, -0.2) is 49.0 Å². The zero-order valence-electron chi connectivity index (χ0n) is 16.0. The molecule has 3 N–H and O–H groups in total. The van der Waals surface area contributed by atoms with E-state index in [1.807, 2.05) is 23.1 Å². The molecule has 7 heteroatoms. The Morgan fingerprint density at radius 1 is 1.21 bits per heavy atom. The van der Waals surface area contributed by atoms with E-state index in [0.717, 1.165) is 55.5 Å². The molecule has 2 aromatic rings. The Labute approximate surface area is 164 Å². The van der Waals surface area contributed by atoms with Crippen LogP contribution in [0.25, 0.3) is 11.0 Å². The van der Waals surface area contributed by atoms with E-state index in [4.69, 9.17) is 14.9 Å². The number of nitrogens with one attached hydrogen (secondary N) is 1. The molecule has 0 unspecified atom stereocenters. The fourth-order valence-corrected chi connectivity index (χ4v) is 4.21. The number of nitrogens with zero attached hydrogens (tertiary/aromatic N) is 1. The van der Waals surface area contributed by atoms with Crippen LogP contribution in [0.1, 0.15) is 37.0 Å². The highest BCUT2D eigenvalue weighted by atomic mass is 16.5. The van der Waals surface area contributed by atoms with Crippen molar-refractivity contribution in [2.24, 2.45) is 5.73 Å². The van der Waals surface area contributed by atoms with Crippen molar-refractivity contribution in [2.75, 3.05) is 26.2 Å². The third kappa shape index (κ3) is 4.30. The average molecular weight is 385 g/mol. The summed E-state index contributed by atoms with van der Waals surface area (Å²) in [5.74, 6) is 1.35. The first-order chi connectivity index (χ1) is 13.6. The monoisotopic (exact) mass is 385 g/mol. The van der Waals surface area contributed by atoms with Crippen molar-refractivity contribution in [3.63, 3.8) is 0 Å². The van der Waals surface area contributed by atoms with Gasteiger partial charge in [-0.1, -0.05) is 0 Å². The normalized spacial score (nSPS) is 18.0. The molecular weight excluding hydrogens is 358 g/mol. The molecule has 0 bridgehead atoms. The minimum absolute atomic E-state index is 0.00690. The van der Waals surface area contributed by atoms with Gasteiger partial charge in [0.2, 0.25) is 5.91 Å². The number of rotatable bonds is 6. The Balaban J connectivity index is 1.28. The summed E-state index contributed by atoms with van der Waals surface area (Å²) in [4.78, 5) is 25.2. The first kappa shape index (κ1) is 18.8. The van der Waals surface area contributed by atoms with Crippen molar-refractivity contribution in [1.29, 1.82) is 0 Å². The molecule has 4 rings (SSSR count). The number of hydrogen-bond donors (Lipinski definition) is 2. The number of aryl methyl sites for hydroxylation is 2.